The van der Waals surface area contributed by atoms with Gasteiger partial charge in [0.15, 0.2) is 0 Å². The molecule has 12 heteroatoms. The summed E-state index contributed by atoms with van der Waals surface area (Å²) in [5.41, 5.74) is 2.09. The quantitative estimate of drug-likeness (QED) is 0.159. The summed E-state index contributed by atoms with van der Waals surface area (Å²) in [6.07, 6.45) is 0.675. The van der Waals surface area contributed by atoms with Crippen molar-refractivity contribution in [3.05, 3.63) is 83.7 Å². The van der Waals surface area contributed by atoms with E-state index >= 15 is 0 Å². The molecule has 3 rings (SSSR count). The number of aliphatic carboxylic acids is 1. The van der Waals surface area contributed by atoms with Crippen LogP contribution >= 0.6 is 0 Å². The number of hydrogen-bond acceptors (Lipinski definition) is 5. The summed E-state index contributed by atoms with van der Waals surface area (Å²) in [4.78, 5) is 36.0. The van der Waals surface area contributed by atoms with Gasteiger partial charge in [0.2, 0.25) is 14.2 Å². The first-order valence-electron chi connectivity index (χ1n) is 14.9. The van der Waals surface area contributed by atoms with Crippen LogP contribution in [0.2, 0.25) is 19.6 Å². The molecule has 0 bridgehead atoms. The number of aromatic nitrogens is 1. The van der Waals surface area contributed by atoms with Gasteiger partial charge in [-0.2, -0.15) is 0 Å². The fourth-order valence-corrected chi connectivity index (χ4v) is 5.51. The molecule has 2 atom stereocenters. The van der Waals surface area contributed by atoms with E-state index in [0.29, 0.717) is 12.1 Å². The lowest BCUT2D eigenvalue weighted by Gasteiger charge is -2.34. The molecule has 0 radical (unpaired) electrons. The Labute approximate surface area is 264 Å². The third-order valence-electron chi connectivity index (χ3n) is 6.92. The van der Waals surface area contributed by atoms with Gasteiger partial charge in [-0.15, -0.1) is 0 Å². The number of nitrogens with one attached hydrogen (secondary N) is 3. The largest absolute Gasteiger partial charge is 0.504 e. The number of carbonyl (C=O) groups is 3. The molecule has 0 aliphatic carbocycles. The van der Waals surface area contributed by atoms with Crippen molar-refractivity contribution in [2.75, 3.05) is 13.1 Å². The lowest BCUT2D eigenvalue weighted by molar-refractivity contribution is -0.138. The van der Waals surface area contributed by atoms with Crippen molar-refractivity contribution in [3.8, 4) is 11.1 Å². The number of carbonyl (C=O) groups excluding carboxylic acids is 2. The molecule has 244 valence electrons. The van der Waals surface area contributed by atoms with Gasteiger partial charge in [-0.05, 0) is 54.9 Å². The van der Waals surface area contributed by atoms with Crippen LogP contribution in [0.4, 0.5) is 13.6 Å². The second-order valence-corrected chi connectivity index (χ2v) is 17.6. The molecule has 0 spiro atoms. The zero-order valence-electron chi connectivity index (χ0n) is 26.7. The van der Waals surface area contributed by atoms with Gasteiger partial charge >= 0.3 is 12.1 Å². The van der Waals surface area contributed by atoms with E-state index in [-0.39, 0.29) is 37.5 Å². The third-order valence-corrected chi connectivity index (χ3v) is 7.72. The maximum absolute atomic E-state index is 14.9. The maximum Gasteiger partial charge on any atom is 0.393 e. The summed E-state index contributed by atoms with van der Waals surface area (Å²) in [6.45, 7) is 12.5. The van der Waals surface area contributed by atoms with Crippen molar-refractivity contribution in [2.45, 2.75) is 71.9 Å². The standard InChI is InChI=1S/C33H44F2N4O5Si/c1-33(2,3)31(36-18-25(38-29(40)14-15-30(41)42)19-37-32(43)44-45(4,5)6)28-16-23(26-17-24(34)12-13-27(26)35)21-39(28)20-22-10-8-7-9-11-22/h7-13,16-17,21,25,31,36H,14-15,18-20H2,1-6H3,(H,37,43)(H,38,40)(H,41,42)/t25-,31+/m1/s1. The minimum atomic E-state index is -2.16. The third kappa shape index (κ3) is 11.4. The predicted octanol–water partition coefficient (Wildman–Crippen LogP) is 6.07. The second kappa shape index (κ2) is 15.3. The highest BCUT2D eigenvalue weighted by atomic mass is 28.4. The summed E-state index contributed by atoms with van der Waals surface area (Å²) in [5, 5.41) is 18.1. The highest BCUT2D eigenvalue weighted by Crippen LogP contribution is 2.37. The fourth-order valence-electron chi connectivity index (χ4n) is 4.88. The molecule has 0 aliphatic heterocycles. The lowest BCUT2D eigenvalue weighted by Crippen LogP contribution is -2.51. The molecule has 1 aromatic heterocycles. The highest BCUT2D eigenvalue weighted by Gasteiger charge is 2.31. The van der Waals surface area contributed by atoms with Crippen molar-refractivity contribution < 1.29 is 32.7 Å². The Bertz CT molecular complexity index is 1470. The van der Waals surface area contributed by atoms with Gasteiger partial charge in [-0.25, -0.2) is 13.6 Å². The maximum atomic E-state index is 14.9. The topological polar surface area (TPSA) is 122 Å². The van der Waals surface area contributed by atoms with E-state index in [4.69, 9.17) is 9.53 Å². The Morgan fingerprint density at radius 3 is 2.29 bits per heavy atom. The van der Waals surface area contributed by atoms with Crippen molar-refractivity contribution >= 4 is 26.3 Å². The van der Waals surface area contributed by atoms with Crippen LogP contribution in [-0.4, -0.2) is 55.1 Å². The SMILES string of the molecule is CC(C)(C)[C@@H](NC[C@H](CNC(=O)O[Si](C)(C)C)NC(=O)CCC(=O)O)c1cc(-c2cc(F)ccc2F)cn1Cc1ccccc1. The molecule has 45 heavy (non-hydrogen) atoms. The Morgan fingerprint density at radius 1 is 0.978 bits per heavy atom. The van der Waals surface area contributed by atoms with Crippen LogP contribution in [0.5, 0.6) is 0 Å². The van der Waals surface area contributed by atoms with Crippen molar-refractivity contribution in [1.29, 1.82) is 0 Å². The number of amides is 2. The van der Waals surface area contributed by atoms with Crippen LogP contribution < -0.4 is 16.0 Å². The molecule has 2 amide bonds. The molecule has 9 nitrogen and oxygen atoms in total. The van der Waals surface area contributed by atoms with Crippen LogP contribution in [0.25, 0.3) is 11.1 Å². The molecule has 2 aromatic carbocycles. The molecule has 1 heterocycles. The van der Waals surface area contributed by atoms with Gasteiger partial charge in [0.25, 0.3) is 0 Å². The minimum absolute atomic E-state index is 0.0385. The Morgan fingerprint density at radius 2 is 1.67 bits per heavy atom. The van der Waals surface area contributed by atoms with Crippen LogP contribution in [0, 0.1) is 17.0 Å². The molecular formula is C33H44F2N4O5Si. The molecule has 0 fully saturated rings. The van der Waals surface area contributed by atoms with E-state index in [1.54, 1.807) is 6.20 Å². The zero-order valence-corrected chi connectivity index (χ0v) is 27.7. The van der Waals surface area contributed by atoms with Crippen LogP contribution in [0.3, 0.4) is 0 Å². The Balaban J connectivity index is 1.94. The number of hydrogen-bond donors (Lipinski definition) is 4. The average molecular weight is 643 g/mol. The molecule has 3 aromatic rings. The van der Waals surface area contributed by atoms with Gasteiger partial charge in [0.05, 0.1) is 18.5 Å². The number of carboxylic acid groups (broad SMARTS) is 1. The van der Waals surface area contributed by atoms with E-state index < -0.39 is 49.4 Å². The lowest BCUT2D eigenvalue weighted by atomic mass is 9.84. The van der Waals surface area contributed by atoms with E-state index in [1.807, 2.05) is 81.4 Å². The smallest absolute Gasteiger partial charge is 0.393 e. The summed E-state index contributed by atoms with van der Waals surface area (Å²) >= 11 is 0. The Hall–Kier alpha value is -4.03. The van der Waals surface area contributed by atoms with Gasteiger partial charge in [-0.3, -0.25) is 9.59 Å². The van der Waals surface area contributed by atoms with Gasteiger partial charge < -0.3 is 30.0 Å². The van der Waals surface area contributed by atoms with Gasteiger partial charge in [0, 0.05) is 49.1 Å². The van der Waals surface area contributed by atoms with Crippen LogP contribution in [0.15, 0.2) is 60.8 Å². The second-order valence-electron chi connectivity index (χ2n) is 13.1. The summed E-state index contributed by atoms with van der Waals surface area (Å²) in [6, 6.07) is 14.0. The summed E-state index contributed by atoms with van der Waals surface area (Å²) in [5.74, 6) is -2.64. The van der Waals surface area contributed by atoms with Crippen molar-refractivity contribution in [2.24, 2.45) is 5.41 Å². The van der Waals surface area contributed by atoms with E-state index in [9.17, 15) is 23.2 Å². The zero-order chi connectivity index (χ0) is 33.4. The van der Waals surface area contributed by atoms with Crippen molar-refractivity contribution in [3.63, 3.8) is 0 Å². The Kier molecular flexibility index (Phi) is 12.1. The molecule has 0 aliphatic rings. The minimum Gasteiger partial charge on any atom is -0.504 e. The first-order valence-corrected chi connectivity index (χ1v) is 18.3. The molecule has 0 saturated carbocycles. The normalized spacial score (nSPS) is 13.2. The number of halogens is 2. The summed E-state index contributed by atoms with van der Waals surface area (Å²) < 4.78 is 36.5. The van der Waals surface area contributed by atoms with Crippen LogP contribution in [-0.2, 0) is 20.6 Å². The van der Waals surface area contributed by atoms with E-state index in [0.717, 1.165) is 23.4 Å². The van der Waals surface area contributed by atoms with Crippen molar-refractivity contribution in [1.82, 2.24) is 20.5 Å². The average Bonchev–Trinajstić information content (AvgIpc) is 3.33. The van der Waals surface area contributed by atoms with Gasteiger partial charge in [-0.1, -0.05) is 51.1 Å². The fraction of sp³-hybridized carbons (Fsp3) is 0.424. The predicted molar refractivity (Wildman–Crippen MR) is 172 cm³/mol. The number of rotatable bonds is 14. The van der Waals surface area contributed by atoms with Gasteiger partial charge in [0.1, 0.15) is 11.6 Å². The summed E-state index contributed by atoms with van der Waals surface area (Å²) in [7, 11) is -2.16. The van der Waals surface area contributed by atoms with Crippen LogP contribution in [0.1, 0.15) is 50.9 Å². The molecular weight excluding hydrogens is 598 g/mol. The molecule has 0 unspecified atom stereocenters. The number of benzene rings is 2. The van der Waals surface area contributed by atoms with E-state index in [2.05, 4.69) is 16.0 Å². The number of nitrogens with zero attached hydrogens (tertiary/aromatic N) is 1. The highest BCUT2D eigenvalue weighted by molar-refractivity contribution is 6.71. The van der Waals surface area contributed by atoms with E-state index in [1.165, 1.54) is 6.07 Å². The molecule has 4 N–H and O–H groups in total. The first kappa shape index (κ1) is 35.4. The molecule has 0 saturated heterocycles. The first-order chi connectivity index (χ1) is 21.0. The monoisotopic (exact) mass is 642 g/mol. The number of carboxylic acids is 1.